The fraction of sp³-hybridized carbons (Fsp3) is 0.188. The van der Waals surface area contributed by atoms with Gasteiger partial charge < -0.3 is 14.4 Å². The van der Waals surface area contributed by atoms with Gasteiger partial charge in [-0.1, -0.05) is 12.1 Å². The molecule has 3 aromatic rings. The van der Waals surface area contributed by atoms with E-state index in [1.807, 2.05) is 37.4 Å². The molecule has 0 atom stereocenters. The lowest BCUT2D eigenvalue weighted by Gasteiger charge is -2.03. The Hall–Kier alpha value is -2.49. The fourth-order valence-corrected chi connectivity index (χ4v) is 2.36. The summed E-state index contributed by atoms with van der Waals surface area (Å²) in [4.78, 5) is 4.65. The maximum absolute atomic E-state index is 9.52. The number of nitrogens with zero attached hydrogens (tertiary/aromatic N) is 2. The van der Waals surface area contributed by atoms with Crippen molar-refractivity contribution in [2.45, 2.75) is 6.42 Å². The first-order valence-electron chi connectivity index (χ1n) is 6.44. The van der Waals surface area contributed by atoms with Gasteiger partial charge in [0.05, 0.1) is 18.1 Å². The van der Waals surface area contributed by atoms with Gasteiger partial charge in [-0.15, -0.1) is 0 Å². The zero-order valence-corrected chi connectivity index (χ0v) is 11.5. The summed E-state index contributed by atoms with van der Waals surface area (Å²) in [5.74, 6) is 2.04. The molecule has 0 radical (unpaired) electrons. The van der Waals surface area contributed by atoms with Crippen LogP contribution in [0.15, 0.2) is 42.5 Å². The Labute approximate surface area is 117 Å². The average Bonchev–Trinajstić information content (AvgIpc) is 2.75. The lowest BCUT2D eigenvalue weighted by molar-refractivity contribution is 0.415. The predicted octanol–water partition coefficient (Wildman–Crippen LogP) is 2.88. The molecule has 3 rings (SSSR count). The van der Waals surface area contributed by atoms with Crippen LogP contribution in [0.1, 0.15) is 11.4 Å². The van der Waals surface area contributed by atoms with E-state index < -0.39 is 0 Å². The van der Waals surface area contributed by atoms with E-state index in [4.69, 9.17) is 4.74 Å². The second-order valence-electron chi connectivity index (χ2n) is 4.79. The molecule has 1 heterocycles. The molecule has 4 heteroatoms. The van der Waals surface area contributed by atoms with Crippen LogP contribution < -0.4 is 4.74 Å². The summed E-state index contributed by atoms with van der Waals surface area (Å²) in [5, 5.41) is 9.52. The molecule has 0 aliphatic heterocycles. The number of imidazole rings is 1. The number of rotatable bonds is 3. The Morgan fingerprint density at radius 3 is 2.80 bits per heavy atom. The molecule has 2 aromatic carbocycles. The van der Waals surface area contributed by atoms with Gasteiger partial charge in [0.1, 0.15) is 17.3 Å². The van der Waals surface area contributed by atoms with Crippen molar-refractivity contribution in [3.8, 4) is 11.5 Å². The number of benzene rings is 2. The third-order valence-electron chi connectivity index (χ3n) is 3.45. The number of aryl methyl sites for hydroxylation is 1. The predicted molar refractivity (Wildman–Crippen MR) is 78.2 cm³/mol. The number of hydrogen-bond donors (Lipinski definition) is 1. The number of aromatic nitrogens is 2. The van der Waals surface area contributed by atoms with Crippen LogP contribution in [0.3, 0.4) is 0 Å². The van der Waals surface area contributed by atoms with Gasteiger partial charge >= 0.3 is 0 Å². The number of aromatic hydroxyl groups is 1. The van der Waals surface area contributed by atoms with Gasteiger partial charge in [-0.3, -0.25) is 0 Å². The van der Waals surface area contributed by atoms with E-state index in [0.29, 0.717) is 6.42 Å². The highest BCUT2D eigenvalue weighted by molar-refractivity contribution is 5.77. The van der Waals surface area contributed by atoms with Gasteiger partial charge in [-0.2, -0.15) is 0 Å². The van der Waals surface area contributed by atoms with Crippen LogP contribution in [0.5, 0.6) is 11.5 Å². The van der Waals surface area contributed by atoms with Crippen molar-refractivity contribution in [3.63, 3.8) is 0 Å². The quantitative estimate of drug-likeness (QED) is 0.794. The summed E-state index contributed by atoms with van der Waals surface area (Å²) in [6, 6.07) is 13.1. The molecule has 1 aromatic heterocycles. The van der Waals surface area contributed by atoms with Crippen molar-refractivity contribution >= 4 is 11.0 Å². The van der Waals surface area contributed by atoms with Crippen LogP contribution in [-0.2, 0) is 13.5 Å². The molecular weight excluding hydrogens is 252 g/mol. The van der Waals surface area contributed by atoms with E-state index in [1.165, 1.54) is 0 Å². The minimum atomic E-state index is 0.280. The van der Waals surface area contributed by atoms with Crippen molar-refractivity contribution in [3.05, 3.63) is 53.9 Å². The van der Waals surface area contributed by atoms with Crippen molar-refractivity contribution < 1.29 is 9.84 Å². The van der Waals surface area contributed by atoms with Crippen molar-refractivity contribution in [2.24, 2.45) is 7.05 Å². The normalized spacial score (nSPS) is 10.9. The second kappa shape index (κ2) is 4.89. The van der Waals surface area contributed by atoms with Crippen molar-refractivity contribution in [1.29, 1.82) is 0 Å². The van der Waals surface area contributed by atoms with E-state index in [-0.39, 0.29) is 5.75 Å². The zero-order valence-electron chi connectivity index (χ0n) is 11.5. The molecule has 1 N–H and O–H groups in total. The van der Waals surface area contributed by atoms with E-state index >= 15 is 0 Å². The Kier molecular flexibility index (Phi) is 3.06. The maximum Gasteiger partial charge on any atom is 0.121 e. The molecule has 102 valence electrons. The largest absolute Gasteiger partial charge is 0.508 e. The Balaban J connectivity index is 2.01. The molecule has 0 spiro atoms. The standard InChI is InChI=1S/C16H16N2O2/c1-18-15-7-6-13(20-2)10-14(15)17-16(18)9-11-4-3-5-12(19)8-11/h3-8,10,19H,9H2,1-2H3. The van der Waals surface area contributed by atoms with Gasteiger partial charge in [0.2, 0.25) is 0 Å². The first-order valence-corrected chi connectivity index (χ1v) is 6.44. The summed E-state index contributed by atoms with van der Waals surface area (Å²) in [6.45, 7) is 0. The van der Waals surface area contributed by atoms with E-state index in [2.05, 4.69) is 9.55 Å². The minimum absolute atomic E-state index is 0.280. The van der Waals surface area contributed by atoms with Gasteiger partial charge in [0.15, 0.2) is 0 Å². The Morgan fingerprint density at radius 2 is 2.05 bits per heavy atom. The molecule has 0 saturated heterocycles. The molecule has 20 heavy (non-hydrogen) atoms. The highest BCUT2D eigenvalue weighted by Crippen LogP contribution is 2.22. The lowest BCUT2D eigenvalue weighted by Crippen LogP contribution is -1.98. The lowest BCUT2D eigenvalue weighted by atomic mass is 10.1. The number of phenols is 1. The van der Waals surface area contributed by atoms with Crippen LogP contribution >= 0.6 is 0 Å². The van der Waals surface area contributed by atoms with Crippen LogP contribution in [0, 0.1) is 0 Å². The summed E-state index contributed by atoms with van der Waals surface area (Å²) in [7, 11) is 3.65. The van der Waals surface area contributed by atoms with Gasteiger partial charge in [-0.25, -0.2) is 4.98 Å². The highest BCUT2D eigenvalue weighted by atomic mass is 16.5. The zero-order chi connectivity index (χ0) is 14.1. The molecule has 4 nitrogen and oxygen atoms in total. The smallest absolute Gasteiger partial charge is 0.121 e. The van der Waals surface area contributed by atoms with Crippen LogP contribution in [0.25, 0.3) is 11.0 Å². The summed E-state index contributed by atoms with van der Waals surface area (Å²) < 4.78 is 7.29. The van der Waals surface area contributed by atoms with Crippen molar-refractivity contribution in [1.82, 2.24) is 9.55 Å². The minimum Gasteiger partial charge on any atom is -0.508 e. The molecule has 0 fully saturated rings. The average molecular weight is 268 g/mol. The number of phenolic OH excluding ortho intramolecular Hbond substituents is 1. The van der Waals surface area contributed by atoms with Crippen LogP contribution in [0.2, 0.25) is 0 Å². The first kappa shape index (κ1) is 12.5. The Morgan fingerprint density at radius 1 is 1.20 bits per heavy atom. The molecule has 0 unspecified atom stereocenters. The molecule has 0 aliphatic carbocycles. The number of hydrogen-bond acceptors (Lipinski definition) is 3. The van der Waals surface area contributed by atoms with E-state index in [0.717, 1.165) is 28.2 Å². The fourth-order valence-electron chi connectivity index (χ4n) is 2.36. The number of methoxy groups -OCH3 is 1. The van der Waals surface area contributed by atoms with Crippen LogP contribution in [-0.4, -0.2) is 21.8 Å². The maximum atomic E-state index is 9.52. The Bertz CT molecular complexity index is 762. The topological polar surface area (TPSA) is 47.3 Å². The summed E-state index contributed by atoms with van der Waals surface area (Å²) >= 11 is 0. The van der Waals surface area contributed by atoms with Gasteiger partial charge in [0.25, 0.3) is 0 Å². The molecule has 0 amide bonds. The number of ether oxygens (including phenoxy) is 1. The second-order valence-corrected chi connectivity index (χ2v) is 4.79. The third-order valence-corrected chi connectivity index (χ3v) is 3.45. The highest BCUT2D eigenvalue weighted by Gasteiger charge is 2.09. The van der Waals surface area contributed by atoms with Gasteiger partial charge in [0, 0.05) is 19.5 Å². The van der Waals surface area contributed by atoms with Gasteiger partial charge in [-0.05, 0) is 29.8 Å². The van der Waals surface area contributed by atoms with E-state index in [9.17, 15) is 5.11 Å². The molecular formula is C16H16N2O2. The monoisotopic (exact) mass is 268 g/mol. The van der Waals surface area contributed by atoms with Crippen LogP contribution in [0.4, 0.5) is 0 Å². The van der Waals surface area contributed by atoms with E-state index in [1.54, 1.807) is 19.2 Å². The summed E-state index contributed by atoms with van der Waals surface area (Å²) in [6.07, 6.45) is 0.682. The van der Waals surface area contributed by atoms with Crippen molar-refractivity contribution in [2.75, 3.05) is 7.11 Å². The SMILES string of the molecule is COc1ccc2c(c1)nc(Cc1cccc(O)c1)n2C. The number of fused-ring (bicyclic) bond motifs is 1. The third kappa shape index (κ3) is 2.20. The first-order chi connectivity index (χ1) is 9.67. The molecule has 0 aliphatic rings. The molecule has 0 saturated carbocycles. The molecule has 0 bridgehead atoms. The summed E-state index contributed by atoms with van der Waals surface area (Å²) in [5.41, 5.74) is 3.03.